The monoisotopic (exact) mass is 419 g/mol. The van der Waals surface area contributed by atoms with Crippen LogP contribution in [0.3, 0.4) is 0 Å². The highest BCUT2D eigenvalue weighted by molar-refractivity contribution is 5.73. The third kappa shape index (κ3) is 4.88. The van der Waals surface area contributed by atoms with Gasteiger partial charge in [0.15, 0.2) is 5.69 Å². The Balaban J connectivity index is 1.90. The molecule has 0 spiro atoms. The molecule has 0 atom stereocenters. The molecule has 10 heteroatoms. The average Bonchev–Trinajstić information content (AvgIpc) is 3.20. The van der Waals surface area contributed by atoms with Crippen molar-refractivity contribution in [3.05, 3.63) is 59.9 Å². The third-order valence-electron chi connectivity index (χ3n) is 4.35. The number of benzene rings is 1. The maximum Gasteiger partial charge on any atom is 0.435 e. The zero-order chi connectivity index (χ0) is 21.7. The Morgan fingerprint density at radius 3 is 2.47 bits per heavy atom. The van der Waals surface area contributed by atoms with Crippen LogP contribution < -0.4 is 15.4 Å². The van der Waals surface area contributed by atoms with Gasteiger partial charge in [-0.2, -0.15) is 18.3 Å². The van der Waals surface area contributed by atoms with Crippen LogP contribution in [0.15, 0.2) is 48.7 Å². The summed E-state index contributed by atoms with van der Waals surface area (Å²) >= 11 is 0. The van der Waals surface area contributed by atoms with E-state index in [9.17, 15) is 18.0 Å². The summed E-state index contributed by atoms with van der Waals surface area (Å²) < 4.78 is 46.0. The number of methoxy groups -OCH3 is 1. The number of urea groups is 1. The van der Waals surface area contributed by atoms with Gasteiger partial charge in [-0.25, -0.2) is 14.5 Å². The van der Waals surface area contributed by atoms with E-state index in [0.717, 1.165) is 11.6 Å². The first kappa shape index (κ1) is 21.2. The summed E-state index contributed by atoms with van der Waals surface area (Å²) in [5, 5.41) is 8.88. The van der Waals surface area contributed by atoms with E-state index in [-0.39, 0.29) is 11.7 Å². The third-order valence-corrected chi connectivity index (χ3v) is 4.35. The number of halogens is 3. The summed E-state index contributed by atoms with van der Waals surface area (Å²) in [5.74, 6) is 0.346. The molecule has 0 fully saturated rings. The Kier molecular flexibility index (Phi) is 6.24. The van der Waals surface area contributed by atoms with E-state index in [0.29, 0.717) is 30.1 Å². The fraction of sp³-hybridized carbons (Fsp3) is 0.250. The quantitative estimate of drug-likeness (QED) is 0.642. The highest BCUT2D eigenvalue weighted by Gasteiger charge is 2.35. The molecule has 0 radical (unpaired) electrons. The van der Waals surface area contributed by atoms with Gasteiger partial charge in [-0.15, -0.1) is 0 Å². The molecule has 158 valence electrons. The molecule has 2 amide bonds. The van der Waals surface area contributed by atoms with Crippen LogP contribution in [0, 0.1) is 0 Å². The van der Waals surface area contributed by atoms with Gasteiger partial charge < -0.3 is 15.4 Å². The predicted molar refractivity (Wildman–Crippen MR) is 105 cm³/mol. The Morgan fingerprint density at radius 2 is 1.90 bits per heavy atom. The van der Waals surface area contributed by atoms with Gasteiger partial charge in [-0.3, -0.25) is 0 Å². The first-order valence-corrected chi connectivity index (χ1v) is 9.04. The van der Waals surface area contributed by atoms with E-state index < -0.39 is 11.9 Å². The number of hydrogen-bond acceptors (Lipinski definition) is 4. The first-order valence-electron chi connectivity index (χ1n) is 9.04. The number of ether oxygens (including phenoxy) is 1. The number of carbonyl (C=O) groups excluding carboxylic acids is 1. The van der Waals surface area contributed by atoms with Crippen LogP contribution in [0.2, 0.25) is 0 Å². The molecule has 0 bridgehead atoms. The Labute approximate surface area is 170 Å². The van der Waals surface area contributed by atoms with Crippen molar-refractivity contribution in [1.82, 2.24) is 25.4 Å². The van der Waals surface area contributed by atoms with Crippen LogP contribution in [0.1, 0.15) is 11.3 Å². The van der Waals surface area contributed by atoms with E-state index in [2.05, 4.69) is 20.7 Å². The molecule has 0 saturated carbocycles. The second-order valence-electron chi connectivity index (χ2n) is 6.34. The van der Waals surface area contributed by atoms with Crippen molar-refractivity contribution in [1.29, 1.82) is 0 Å². The second-order valence-corrected chi connectivity index (χ2v) is 6.34. The van der Waals surface area contributed by atoms with Gasteiger partial charge in [0, 0.05) is 25.2 Å². The van der Waals surface area contributed by atoms with Crippen molar-refractivity contribution in [2.75, 3.05) is 20.7 Å². The lowest BCUT2D eigenvalue weighted by Gasteiger charge is -2.09. The van der Waals surface area contributed by atoms with Crippen molar-refractivity contribution in [3.63, 3.8) is 0 Å². The molecule has 0 aliphatic heterocycles. The number of alkyl halides is 3. The minimum atomic E-state index is -4.58. The summed E-state index contributed by atoms with van der Waals surface area (Å²) in [7, 11) is 2.98. The summed E-state index contributed by atoms with van der Waals surface area (Å²) in [4.78, 5) is 15.2. The minimum absolute atomic E-state index is 0.275. The molecule has 7 nitrogen and oxygen atoms in total. The summed E-state index contributed by atoms with van der Waals surface area (Å²) in [5.41, 5.74) is 1.16. The summed E-state index contributed by atoms with van der Waals surface area (Å²) in [6.07, 6.45) is -2.59. The molecule has 2 aromatic heterocycles. The molecule has 2 heterocycles. The zero-order valence-electron chi connectivity index (χ0n) is 16.3. The molecular formula is C20H20F3N5O2. The van der Waals surface area contributed by atoms with Crippen molar-refractivity contribution < 1.29 is 22.7 Å². The minimum Gasteiger partial charge on any atom is -0.481 e. The van der Waals surface area contributed by atoms with Crippen LogP contribution >= 0.6 is 0 Å². The lowest BCUT2D eigenvalue weighted by atomic mass is 10.1. The molecule has 0 aliphatic rings. The molecule has 2 N–H and O–H groups in total. The number of rotatable bonds is 6. The Bertz CT molecular complexity index is 999. The number of amides is 2. The number of carbonyl (C=O) groups is 1. The van der Waals surface area contributed by atoms with E-state index in [1.807, 2.05) is 0 Å². The van der Waals surface area contributed by atoms with Crippen molar-refractivity contribution in [3.8, 4) is 22.8 Å². The number of pyridine rings is 1. The number of nitrogens with one attached hydrogen (secondary N) is 2. The molecular weight excluding hydrogens is 399 g/mol. The molecule has 0 unspecified atom stereocenters. The Hall–Kier alpha value is -3.56. The lowest BCUT2D eigenvalue weighted by molar-refractivity contribution is -0.141. The van der Waals surface area contributed by atoms with E-state index in [4.69, 9.17) is 4.74 Å². The largest absolute Gasteiger partial charge is 0.481 e. The first-order chi connectivity index (χ1) is 14.3. The standard InChI is InChI=1S/C20H20F3N5O2/c1-24-19(29)25-10-9-13-3-5-14(6-4-13)16-11-17(20(21,22)23)27-28(16)15-7-8-18(30-2)26-12-15/h3-8,11-12H,9-10H2,1-2H3,(H2,24,25,29). The molecule has 0 aliphatic carbocycles. The number of hydrogen-bond donors (Lipinski definition) is 2. The van der Waals surface area contributed by atoms with Crippen LogP contribution in [0.4, 0.5) is 18.0 Å². The van der Waals surface area contributed by atoms with Crippen molar-refractivity contribution in [2.24, 2.45) is 0 Å². The highest BCUT2D eigenvalue weighted by Crippen LogP contribution is 2.33. The number of aromatic nitrogens is 3. The highest BCUT2D eigenvalue weighted by atomic mass is 19.4. The normalized spacial score (nSPS) is 11.2. The fourth-order valence-electron chi connectivity index (χ4n) is 2.79. The maximum absolute atomic E-state index is 13.3. The lowest BCUT2D eigenvalue weighted by Crippen LogP contribution is -2.33. The van der Waals surface area contributed by atoms with Crippen molar-refractivity contribution in [2.45, 2.75) is 12.6 Å². The SMILES string of the molecule is CNC(=O)NCCc1ccc(-c2cc(C(F)(F)F)nn2-c2ccc(OC)nc2)cc1. The maximum atomic E-state index is 13.3. The van der Waals surface area contributed by atoms with Crippen molar-refractivity contribution >= 4 is 6.03 Å². The van der Waals surface area contributed by atoms with E-state index >= 15 is 0 Å². The van der Waals surface area contributed by atoms with Crippen LogP contribution in [-0.4, -0.2) is 41.5 Å². The summed E-state index contributed by atoms with van der Waals surface area (Å²) in [6.45, 7) is 0.437. The second kappa shape index (κ2) is 8.85. The predicted octanol–water partition coefficient (Wildman–Crippen LogP) is 3.43. The number of nitrogens with zero attached hydrogens (tertiary/aromatic N) is 3. The van der Waals surface area contributed by atoms with Gasteiger partial charge >= 0.3 is 12.2 Å². The molecule has 3 aromatic rings. The van der Waals surface area contributed by atoms with Gasteiger partial charge in [-0.1, -0.05) is 24.3 Å². The van der Waals surface area contributed by atoms with E-state index in [1.165, 1.54) is 25.0 Å². The topological polar surface area (TPSA) is 81.1 Å². The van der Waals surface area contributed by atoms with Gasteiger partial charge in [0.1, 0.15) is 0 Å². The Morgan fingerprint density at radius 1 is 1.17 bits per heavy atom. The van der Waals surface area contributed by atoms with E-state index in [1.54, 1.807) is 36.4 Å². The molecule has 0 saturated heterocycles. The van der Waals surface area contributed by atoms with Crippen LogP contribution in [0.25, 0.3) is 16.9 Å². The zero-order valence-corrected chi connectivity index (χ0v) is 16.3. The average molecular weight is 419 g/mol. The van der Waals surface area contributed by atoms with Gasteiger partial charge in [0.25, 0.3) is 0 Å². The van der Waals surface area contributed by atoms with Gasteiger partial charge in [-0.05, 0) is 24.1 Å². The molecule has 30 heavy (non-hydrogen) atoms. The van der Waals surface area contributed by atoms with Gasteiger partial charge in [0.2, 0.25) is 5.88 Å². The smallest absolute Gasteiger partial charge is 0.435 e. The molecule has 1 aromatic carbocycles. The van der Waals surface area contributed by atoms with Gasteiger partial charge in [0.05, 0.1) is 24.7 Å². The van der Waals surface area contributed by atoms with Crippen LogP contribution in [-0.2, 0) is 12.6 Å². The summed E-state index contributed by atoms with van der Waals surface area (Å²) in [6, 6.07) is 10.9. The molecule has 3 rings (SSSR count). The fourth-order valence-corrected chi connectivity index (χ4v) is 2.79. The van der Waals surface area contributed by atoms with Crippen LogP contribution in [0.5, 0.6) is 5.88 Å².